The van der Waals surface area contributed by atoms with Gasteiger partial charge in [0.1, 0.15) is 5.82 Å². The lowest BCUT2D eigenvalue weighted by Gasteiger charge is -2.20. The van der Waals surface area contributed by atoms with Crippen LogP contribution < -0.4 is 4.90 Å². The van der Waals surface area contributed by atoms with Crippen LogP contribution in [0, 0.1) is 5.82 Å². The highest BCUT2D eigenvalue weighted by molar-refractivity contribution is 9.11. The second kappa shape index (κ2) is 9.23. The lowest BCUT2D eigenvalue weighted by atomic mass is 10.3. The lowest BCUT2D eigenvalue weighted by molar-refractivity contribution is 0.0990. The molecule has 9 heteroatoms. The summed E-state index contributed by atoms with van der Waals surface area (Å²) in [5.41, 5.74) is 0.708. The highest BCUT2D eigenvalue weighted by Gasteiger charge is 2.22. The second-order valence-corrected chi connectivity index (χ2v) is 9.30. The number of hydrogen-bond donors (Lipinski definition) is 0. The third-order valence-corrected chi connectivity index (χ3v) is 6.24. The number of halogens is 3. The number of fused-ring (bicyclic) bond motifs is 1. The van der Waals surface area contributed by atoms with Gasteiger partial charge in [-0.3, -0.25) is 9.69 Å². The number of amides is 1. The summed E-state index contributed by atoms with van der Waals surface area (Å²) in [7, 11) is 4.01. The average molecular weight is 479 g/mol. The van der Waals surface area contributed by atoms with Crippen LogP contribution in [0.5, 0.6) is 0 Å². The van der Waals surface area contributed by atoms with Gasteiger partial charge in [0.05, 0.1) is 18.9 Å². The molecule has 0 bridgehead atoms. The predicted molar refractivity (Wildman–Crippen MR) is 114 cm³/mol. The third kappa shape index (κ3) is 5.01. The molecule has 4 nitrogen and oxygen atoms in total. The van der Waals surface area contributed by atoms with Crippen molar-refractivity contribution in [3.8, 4) is 0 Å². The number of carbonyl (C=O) groups is 1. The number of rotatable bonds is 6. The van der Waals surface area contributed by atoms with Crippen molar-refractivity contribution in [1.29, 1.82) is 0 Å². The van der Waals surface area contributed by atoms with Gasteiger partial charge in [0.15, 0.2) is 5.13 Å². The quantitative estimate of drug-likeness (QED) is 0.484. The SMILES string of the molecule is CN(C)CCCN(C(=O)c1ccc(Br)s1)c1nc2ccc(F)cc2s1.Cl. The molecule has 0 N–H and O–H groups in total. The summed E-state index contributed by atoms with van der Waals surface area (Å²) in [6.07, 6.45) is 0.829. The zero-order chi connectivity index (χ0) is 18.0. The van der Waals surface area contributed by atoms with E-state index in [-0.39, 0.29) is 24.1 Å². The first-order valence-corrected chi connectivity index (χ1v) is 10.1. The average Bonchev–Trinajstić information content (AvgIpc) is 3.16. The van der Waals surface area contributed by atoms with Crippen molar-refractivity contribution in [3.63, 3.8) is 0 Å². The van der Waals surface area contributed by atoms with Gasteiger partial charge in [-0.15, -0.1) is 23.7 Å². The molecule has 140 valence electrons. The van der Waals surface area contributed by atoms with Gasteiger partial charge in [0.2, 0.25) is 0 Å². The minimum absolute atomic E-state index is 0. The highest BCUT2D eigenvalue weighted by atomic mass is 79.9. The Kier molecular flexibility index (Phi) is 7.54. The molecule has 0 radical (unpaired) electrons. The highest BCUT2D eigenvalue weighted by Crippen LogP contribution is 2.32. The van der Waals surface area contributed by atoms with Crippen LogP contribution >= 0.6 is 51.0 Å². The first-order valence-electron chi connectivity index (χ1n) is 7.72. The van der Waals surface area contributed by atoms with E-state index in [0.717, 1.165) is 21.5 Å². The first kappa shape index (κ1) is 21.2. The van der Waals surface area contributed by atoms with Crippen LogP contribution in [0.2, 0.25) is 0 Å². The van der Waals surface area contributed by atoms with Gasteiger partial charge in [-0.2, -0.15) is 0 Å². The molecule has 0 fully saturated rings. The van der Waals surface area contributed by atoms with Crippen LogP contribution in [-0.2, 0) is 0 Å². The van der Waals surface area contributed by atoms with Crippen molar-refractivity contribution < 1.29 is 9.18 Å². The largest absolute Gasteiger partial charge is 0.309 e. The molecular formula is C17H18BrClFN3OS2. The molecule has 3 rings (SSSR count). The Hall–Kier alpha value is -1.06. The van der Waals surface area contributed by atoms with Gasteiger partial charge in [0, 0.05) is 6.54 Å². The minimum atomic E-state index is -0.296. The Morgan fingerprint density at radius 1 is 1.19 bits per heavy atom. The van der Waals surface area contributed by atoms with Crippen molar-refractivity contribution in [2.24, 2.45) is 0 Å². The number of hydrogen-bond acceptors (Lipinski definition) is 5. The van der Waals surface area contributed by atoms with Crippen LogP contribution in [0.25, 0.3) is 10.2 Å². The smallest absolute Gasteiger partial charge is 0.270 e. The van der Waals surface area contributed by atoms with E-state index in [2.05, 4.69) is 25.8 Å². The summed E-state index contributed by atoms with van der Waals surface area (Å²) < 4.78 is 15.1. The topological polar surface area (TPSA) is 36.4 Å². The van der Waals surface area contributed by atoms with E-state index in [1.165, 1.54) is 34.8 Å². The van der Waals surface area contributed by atoms with E-state index in [9.17, 15) is 9.18 Å². The van der Waals surface area contributed by atoms with Gasteiger partial charge in [-0.05, 0) is 73.3 Å². The van der Waals surface area contributed by atoms with Gasteiger partial charge in [-0.1, -0.05) is 11.3 Å². The van der Waals surface area contributed by atoms with Gasteiger partial charge >= 0.3 is 0 Å². The maximum atomic E-state index is 13.5. The Morgan fingerprint density at radius 2 is 1.96 bits per heavy atom. The molecule has 0 saturated carbocycles. The number of anilines is 1. The summed E-state index contributed by atoms with van der Waals surface area (Å²) in [5, 5.41) is 0.605. The number of nitrogens with zero attached hydrogens (tertiary/aromatic N) is 3. The number of benzene rings is 1. The fourth-order valence-electron chi connectivity index (χ4n) is 2.39. The molecule has 0 atom stereocenters. The summed E-state index contributed by atoms with van der Waals surface area (Å²) >= 11 is 6.14. The zero-order valence-electron chi connectivity index (χ0n) is 14.2. The maximum absolute atomic E-state index is 13.5. The predicted octanol–water partition coefficient (Wildman–Crippen LogP) is 5.28. The molecule has 0 aliphatic heterocycles. The van der Waals surface area contributed by atoms with E-state index < -0.39 is 0 Å². The molecule has 3 aromatic rings. The van der Waals surface area contributed by atoms with Gasteiger partial charge < -0.3 is 4.90 Å². The zero-order valence-corrected chi connectivity index (χ0v) is 18.3. The van der Waals surface area contributed by atoms with E-state index in [1.54, 1.807) is 11.0 Å². The summed E-state index contributed by atoms with van der Waals surface area (Å²) in [5.74, 6) is -0.371. The molecule has 2 aromatic heterocycles. The monoisotopic (exact) mass is 477 g/mol. The van der Waals surface area contributed by atoms with Crippen LogP contribution in [0.15, 0.2) is 34.1 Å². The van der Waals surface area contributed by atoms with Crippen molar-refractivity contribution >= 4 is 72.3 Å². The molecule has 0 spiro atoms. The van der Waals surface area contributed by atoms with Crippen LogP contribution in [0.1, 0.15) is 16.1 Å². The second-order valence-electron chi connectivity index (χ2n) is 5.83. The number of thiophene rings is 1. The van der Waals surface area contributed by atoms with E-state index in [0.29, 0.717) is 22.1 Å². The molecule has 1 amide bonds. The molecule has 26 heavy (non-hydrogen) atoms. The number of thiazole rings is 1. The van der Waals surface area contributed by atoms with Crippen molar-refractivity contribution in [2.75, 3.05) is 32.1 Å². The Balaban J connectivity index is 0.00000243. The molecule has 2 heterocycles. The Labute approximate surface area is 174 Å². The Morgan fingerprint density at radius 3 is 2.62 bits per heavy atom. The molecule has 0 unspecified atom stereocenters. The fourth-order valence-corrected chi connectivity index (χ4v) is 4.74. The number of aromatic nitrogens is 1. The third-order valence-electron chi connectivity index (χ3n) is 3.59. The molecule has 0 saturated heterocycles. The van der Waals surface area contributed by atoms with Gasteiger partial charge in [0.25, 0.3) is 5.91 Å². The van der Waals surface area contributed by atoms with E-state index in [1.807, 2.05) is 26.2 Å². The van der Waals surface area contributed by atoms with Crippen molar-refractivity contribution in [1.82, 2.24) is 9.88 Å². The maximum Gasteiger partial charge on any atom is 0.270 e. The van der Waals surface area contributed by atoms with E-state index >= 15 is 0 Å². The first-order chi connectivity index (χ1) is 11.9. The minimum Gasteiger partial charge on any atom is -0.309 e. The summed E-state index contributed by atoms with van der Waals surface area (Å²) in [4.78, 5) is 21.9. The summed E-state index contributed by atoms with van der Waals surface area (Å²) in [6.45, 7) is 1.44. The van der Waals surface area contributed by atoms with Crippen molar-refractivity contribution in [2.45, 2.75) is 6.42 Å². The molecule has 0 aliphatic rings. The van der Waals surface area contributed by atoms with Crippen LogP contribution in [-0.4, -0.2) is 43.0 Å². The summed E-state index contributed by atoms with van der Waals surface area (Å²) in [6, 6.07) is 8.17. The van der Waals surface area contributed by atoms with Crippen LogP contribution in [0.3, 0.4) is 0 Å². The van der Waals surface area contributed by atoms with Gasteiger partial charge in [-0.25, -0.2) is 9.37 Å². The number of carbonyl (C=O) groups excluding carboxylic acids is 1. The van der Waals surface area contributed by atoms with Crippen molar-refractivity contribution in [3.05, 3.63) is 44.8 Å². The molecule has 0 aliphatic carbocycles. The normalized spacial score (nSPS) is 11.0. The molecule has 1 aromatic carbocycles. The lowest BCUT2D eigenvalue weighted by Crippen LogP contribution is -2.32. The standard InChI is InChI=1S/C17H17BrFN3OS2.ClH/c1-21(2)8-3-9-22(16(23)13-6-7-15(18)24-13)17-20-12-5-4-11(19)10-14(12)25-17;/h4-7,10H,3,8-9H2,1-2H3;1H. The van der Waals surface area contributed by atoms with Crippen LogP contribution in [0.4, 0.5) is 9.52 Å². The van der Waals surface area contributed by atoms with E-state index in [4.69, 9.17) is 0 Å². The fraction of sp³-hybridized carbons (Fsp3) is 0.294. The molecular weight excluding hydrogens is 461 g/mol. The Bertz CT molecular complexity index is 899.